The summed E-state index contributed by atoms with van der Waals surface area (Å²) in [5, 5.41) is 6.50. The number of aromatic nitrogens is 1. The molecule has 1 aromatic heterocycles. The first-order valence-electron chi connectivity index (χ1n) is 9.41. The molecule has 1 aliphatic rings. The molecule has 150 valence electrons. The van der Waals surface area contributed by atoms with Gasteiger partial charge < -0.3 is 15.5 Å². The van der Waals surface area contributed by atoms with Crippen LogP contribution in [0.5, 0.6) is 0 Å². The maximum Gasteiger partial charge on any atom is 0.191 e. The Labute approximate surface area is 162 Å². The monoisotopic (exact) mass is 391 g/mol. The molecule has 0 spiro atoms. The number of hydrogen-bond donors (Lipinski definition) is 2. The van der Waals surface area contributed by atoms with Gasteiger partial charge in [-0.2, -0.15) is 0 Å². The van der Waals surface area contributed by atoms with Gasteiger partial charge in [0.15, 0.2) is 17.6 Å². The maximum absolute atomic E-state index is 13.9. The molecule has 0 amide bonds. The number of anilines is 1. The van der Waals surface area contributed by atoms with E-state index in [1.807, 2.05) is 11.8 Å². The van der Waals surface area contributed by atoms with E-state index in [1.165, 1.54) is 18.2 Å². The van der Waals surface area contributed by atoms with E-state index < -0.39 is 11.6 Å². The minimum absolute atomic E-state index is 0.0989. The highest BCUT2D eigenvalue weighted by Gasteiger charge is 2.25. The summed E-state index contributed by atoms with van der Waals surface area (Å²) in [6.45, 7) is 4.32. The number of nitrogens with zero attached hydrogens (tertiary/aromatic N) is 3. The number of aliphatic imine (C=N–C) groups is 1. The lowest BCUT2D eigenvalue weighted by atomic mass is 10.1. The van der Waals surface area contributed by atoms with Crippen LogP contribution in [0.15, 0.2) is 41.5 Å². The first-order valence-corrected chi connectivity index (χ1v) is 9.41. The molecule has 28 heavy (non-hydrogen) atoms. The molecule has 1 aromatic carbocycles. The standard InChI is InChI=1S/C20H24F3N5/c1-2-24-20(26-10-7-14-5-6-15(21)12-18(14)23)27-16-8-11-28(13-16)19-17(22)4-3-9-25-19/h3-6,9,12,16H,2,7-8,10-11,13H2,1H3,(H2,24,26,27). The molecule has 8 heteroatoms. The third-order valence-corrected chi connectivity index (χ3v) is 4.58. The summed E-state index contributed by atoms with van der Waals surface area (Å²) in [5.41, 5.74) is 0.429. The van der Waals surface area contributed by atoms with Gasteiger partial charge in [-0.15, -0.1) is 0 Å². The molecule has 1 saturated heterocycles. The second-order valence-electron chi connectivity index (χ2n) is 6.63. The van der Waals surface area contributed by atoms with Crippen LogP contribution >= 0.6 is 0 Å². The van der Waals surface area contributed by atoms with Crippen LogP contribution in [0.25, 0.3) is 0 Å². The van der Waals surface area contributed by atoms with Crippen molar-refractivity contribution in [1.29, 1.82) is 0 Å². The maximum atomic E-state index is 13.9. The summed E-state index contributed by atoms with van der Waals surface area (Å²) >= 11 is 0. The van der Waals surface area contributed by atoms with Crippen molar-refractivity contribution in [2.45, 2.75) is 25.8 Å². The molecule has 2 N–H and O–H groups in total. The van der Waals surface area contributed by atoms with Crippen LogP contribution in [-0.2, 0) is 6.42 Å². The molecule has 0 aliphatic carbocycles. The first kappa shape index (κ1) is 20.0. The van der Waals surface area contributed by atoms with Crippen LogP contribution in [0.1, 0.15) is 18.9 Å². The zero-order chi connectivity index (χ0) is 19.9. The lowest BCUT2D eigenvalue weighted by Crippen LogP contribution is -2.44. The Kier molecular flexibility index (Phi) is 6.73. The van der Waals surface area contributed by atoms with Crippen LogP contribution in [0.3, 0.4) is 0 Å². The van der Waals surface area contributed by atoms with Crippen molar-refractivity contribution in [1.82, 2.24) is 15.6 Å². The van der Waals surface area contributed by atoms with Gasteiger partial charge in [-0.1, -0.05) is 6.07 Å². The Morgan fingerprint density at radius 1 is 1.25 bits per heavy atom. The number of nitrogens with one attached hydrogen (secondary N) is 2. The van der Waals surface area contributed by atoms with Crippen LogP contribution in [0.4, 0.5) is 19.0 Å². The van der Waals surface area contributed by atoms with Crippen LogP contribution in [0.2, 0.25) is 0 Å². The lowest BCUT2D eigenvalue weighted by molar-refractivity contribution is 0.571. The SMILES string of the molecule is CCNC(=NCCc1ccc(F)cc1F)NC1CCN(c2ncccc2F)C1. The summed E-state index contributed by atoms with van der Waals surface area (Å²) in [6.07, 6.45) is 2.78. The van der Waals surface area contributed by atoms with Crippen molar-refractivity contribution in [3.05, 3.63) is 59.5 Å². The number of halogens is 3. The van der Waals surface area contributed by atoms with Crippen molar-refractivity contribution >= 4 is 11.8 Å². The van der Waals surface area contributed by atoms with Crippen LogP contribution < -0.4 is 15.5 Å². The average Bonchev–Trinajstić information content (AvgIpc) is 3.12. The summed E-state index contributed by atoms with van der Waals surface area (Å²) in [7, 11) is 0. The zero-order valence-electron chi connectivity index (χ0n) is 15.8. The first-order chi connectivity index (χ1) is 13.6. The Morgan fingerprint density at radius 2 is 2.11 bits per heavy atom. The van der Waals surface area contributed by atoms with Gasteiger partial charge in [-0.3, -0.25) is 4.99 Å². The van der Waals surface area contributed by atoms with Crippen LogP contribution in [-0.4, -0.2) is 43.2 Å². The summed E-state index contributed by atoms with van der Waals surface area (Å²) in [4.78, 5) is 10.5. The Balaban J connectivity index is 1.57. The summed E-state index contributed by atoms with van der Waals surface area (Å²) in [6, 6.07) is 6.65. The Morgan fingerprint density at radius 3 is 2.86 bits per heavy atom. The molecule has 2 heterocycles. The fourth-order valence-electron chi connectivity index (χ4n) is 3.21. The molecule has 1 fully saturated rings. The van der Waals surface area contributed by atoms with Gasteiger partial charge in [-0.25, -0.2) is 18.2 Å². The largest absolute Gasteiger partial charge is 0.357 e. The van der Waals surface area contributed by atoms with E-state index in [-0.39, 0.29) is 11.9 Å². The molecule has 1 unspecified atom stereocenters. The van der Waals surface area contributed by atoms with E-state index in [9.17, 15) is 13.2 Å². The third-order valence-electron chi connectivity index (χ3n) is 4.58. The third kappa shape index (κ3) is 5.15. The van der Waals surface area contributed by atoms with E-state index in [4.69, 9.17) is 0 Å². The number of pyridine rings is 1. The van der Waals surface area contributed by atoms with E-state index in [2.05, 4.69) is 20.6 Å². The highest BCUT2D eigenvalue weighted by Crippen LogP contribution is 2.20. The van der Waals surface area contributed by atoms with E-state index in [0.29, 0.717) is 49.9 Å². The second kappa shape index (κ2) is 9.43. The molecule has 5 nitrogen and oxygen atoms in total. The quantitative estimate of drug-likeness (QED) is 0.587. The number of benzene rings is 1. The highest BCUT2D eigenvalue weighted by molar-refractivity contribution is 5.80. The molecule has 1 atom stereocenters. The van der Waals surface area contributed by atoms with Gasteiger partial charge in [0.2, 0.25) is 0 Å². The van der Waals surface area contributed by atoms with Crippen molar-refractivity contribution < 1.29 is 13.2 Å². The lowest BCUT2D eigenvalue weighted by Gasteiger charge is -2.20. The molecular weight excluding hydrogens is 367 g/mol. The van der Waals surface area contributed by atoms with Crippen molar-refractivity contribution in [2.24, 2.45) is 4.99 Å². The average molecular weight is 391 g/mol. The highest BCUT2D eigenvalue weighted by atomic mass is 19.1. The summed E-state index contributed by atoms with van der Waals surface area (Å²) < 4.78 is 40.6. The van der Waals surface area contributed by atoms with Crippen molar-refractivity contribution in [3.8, 4) is 0 Å². The molecule has 2 aromatic rings. The molecule has 1 aliphatic heterocycles. The predicted molar refractivity (Wildman–Crippen MR) is 104 cm³/mol. The summed E-state index contributed by atoms with van der Waals surface area (Å²) in [5.74, 6) is -0.490. The molecular formula is C20H24F3N5. The Hall–Kier alpha value is -2.77. The van der Waals surface area contributed by atoms with Gasteiger partial charge in [0, 0.05) is 44.5 Å². The van der Waals surface area contributed by atoms with E-state index in [1.54, 1.807) is 12.3 Å². The number of hydrogen-bond acceptors (Lipinski definition) is 3. The minimum Gasteiger partial charge on any atom is -0.357 e. The molecule has 0 saturated carbocycles. The van der Waals surface area contributed by atoms with E-state index in [0.717, 1.165) is 12.5 Å². The van der Waals surface area contributed by atoms with Gasteiger partial charge >= 0.3 is 0 Å². The molecule has 0 radical (unpaired) electrons. The van der Waals surface area contributed by atoms with Crippen molar-refractivity contribution in [2.75, 3.05) is 31.1 Å². The van der Waals surface area contributed by atoms with Gasteiger partial charge in [0.1, 0.15) is 11.6 Å². The normalized spacial score (nSPS) is 17.1. The smallest absolute Gasteiger partial charge is 0.191 e. The van der Waals surface area contributed by atoms with Crippen molar-refractivity contribution in [3.63, 3.8) is 0 Å². The van der Waals surface area contributed by atoms with E-state index >= 15 is 0 Å². The Bertz CT molecular complexity index is 827. The van der Waals surface area contributed by atoms with Gasteiger partial charge in [0.05, 0.1) is 0 Å². The number of guanidine groups is 1. The molecule has 3 rings (SSSR count). The van der Waals surface area contributed by atoms with Gasteiger partial charge in [-0.05, 0) is 43.5 Å². The number of rotatable bonds is 6. The fraction of sp³-hybridized carbons (Fsp3) is 0.400. The van der Waals surface area contributed by atoms with Gasteiger partial charge in [0.25, 0.3) is 0 Å². The molecule has 0 bridgehead atoms. The second-order valence-corrected chi connectivity index (χ2v) is 6.63. The topological polar surface area (TPSA) is 52.6 Å². The zero-order valence-corrected chi connectivity index (χ0v) is 15.8. The van der Waals surface area contributed by atoms with Crippen LogP contribution in [0, 0.1) is 17.5 Å². The predicted octanol–water partition coefficient (Wildman–Crippen LogP) is 2.88. The minimum atomic E-state index is -0.588. The fourth-order valence-corrected chi connectivity index (χ4v) is 3.21.